The van der Waals surface area contributed by atoms with Crippen molar-refractivity contribution < 1.29 is 22.7 Å². The van der Waals surface area contributed by atoms with E-state index in [1.807, 2.05) is 51.1 Å². The van der Waals surface area contributed by atoms with E-state index in [9.17, 15) is 18.0 Å². The zero-order valence-corrected chi connectivity index (χ0v) is 23.9. The molecule has 0 aliphatic carbocycles. The first-order chi connectivity index (χ1) is 19.6. The summed E-state index contributed by atoms with van der Waals surface area (Å²) in [5, 5.41) is 8.75. The van der Waals surface area contributed by atoms with Gasteiger partial charge in [0.15, 0.2) is 0 Å². The summed E-state index contributed by atoms with van der Waals surface area (Å²) in [7, 11) is -4.04. The molecule has 2 amide bonds. The molecule has 218 valence electrons. The van der Waals surface area contributed by atoms with Crippen LogP contribution < -0.4 is 20.7 Å². The molecule has 13 nitrogen and oxygen atoms in total. The Balaban J connectivity index is 1.39. The molecule has 0 saturated carbocycles. The number of nitrogens with one attached hydrogen (secondary N) is 4. The summed E-state index contributed by atoms with van der Waals surface area (Å²) in [5.74, 6) is -0.0610. The number of likely N-dealkylation sites (tertiary alicyclic amines) is 1. The van der Waals surface area contributed by atoms with Crippen LogP contribution in [0.25, 0.3) is 0 Å². The van der Waals surface area contributed by atoms with E-state index in [4.69, 9.17) is 4.74 Å². The quantitative estimate of drug-likeness (QED) is 0.262. The van der Waals surface area contributed by atoms with Gasteiger partial charge in [-0.05, 0) is 63.4 Å². The molecule has 0 bridgehead atoms. The molecule has 1 fully saturated rings. The van der Waals surface area contributed by atoms with Crippen molar-refractivity contribution in [3.63, 3.8) is 0 Å². The van der Waals surface area contributed by atoms with Gasteiger partial charge < -0.3 is 20.7 Å². The molecule has 2 aromatic carbocycles. The second kappa shape index (κ2) is 13.3. The Hall–Kier alpha value is -4.46. The summed E-state index contributed by atoms with van der Waals surface area (Å²) in [6, 6.07) is 14.3. The molecular formula is C27H34N8O5S. The average Bonchev–Trinajstić information content (AvgIpc) is 3.43. The highest BCUT2D eigenvalue weighted by Crippen LogP contribution is 2.22. The Labute approximate surface area is 239 Å². The number of carbonyl (C=O) groups excluding carboxylic acids is 2. The van der Waals surface area contributed by atoms with Crippen LogP contribution in [0.5, 0.6) is 0 Å². The van der Waals surface area contributed by atoms with E-state index in [-0.39, 0.29) is 41.3 Å². The molecule has 41 heavy (non-hydrogen) atoms. The number of hydrogen-bond donors (Lipinski definition) is 4. The summed E-state index contributed by atoms with van der Waals surface area (Å²) in [6.45, 7) is 6.75. The van der Waals surface area contributed by atoms with Gasteiger partial charge in [0.1, 0.15) is 12.6 Å². The lowest BCUT2D eigenvalue weighted by molar-refractivity contribution is -0.120. The van der Waals surface area contributed by atoms with Crippen LogP contribution in [-0.2, 0) is 26.2 Å². The highest BCUT2D eigenvalue weighted by molar-refractivity contribution is 7.92. The molecule has 1 atom stereocenters. The normalized spacial score (nSPS) is 14.9. The highest BCUT2D eigenvalue weighted by Gasteiger charge is 2.35. The van der Waals surface area contributed by atoms with Crippen LogP contribution in [0.3, 0.4) is 0 Å². The van der Waals surface area contributed by atoms with Gasteiger partial charge in [0.25, 0.3) is 10.0 Å². The Bertz CT molecular complexity index is 1450. The Morgan fingerprint density at radius 3 is 2.37 bits per heavy atom. The van der Waals surface area contributed by atoms with E-state index in [1.54, 1.807) is 0 Å². The zero-order chi connectivity index (χ0) is 29.4. The second-order valence-electron chi connectivity index (χ2n) is 9.65. The predicted octanol–water partition coefficient (Wildman–Crippen LogP) is 3.66. The van der Waals surface area contributed by atoms with Gasteiger partial charge in [-0.15, -0.1) is 0 Å². The van der Waals surface area contributed by atoms with Gasteiger partial charge in [-0.25, -0.2) is 17.9 Å². The molecule has 1 saturated heterocycles. The van der Waals surface area contributed by atoms with Crippen molar-refractivity contribution in [2.75, 3.05) is 33.8 Å². The number of aromatic nitrogens is 3. The minimum atomic E-state index is -4.04. The van der Waals surface area contributed by atoms with Crippen LogP contribution >= 0.6 is 0 Å². The minimum Gasteiger partial charge on any atom is -0.445 e. The monoisotopic (exact) mass is 582 g/mol. The van der Waals surface area contributed by atoms with Gasteiger partial charge in [0.2, 0.25) is 23.8 Å². The maximum absolute atomic E-state index is 13.0. The van der Waals surface area contributed by atoms with Crippen LogP contribution in [-0.4, -0.2) is 65.4 Å². The number of rotatable bonds is 11. The van der Waals surface area contributed by atoms with Crippen molar-refractivity contribution >= 4 is 45.6 Å². The molecule has 0 spiro atoms. The van der Waals surface area contributed by atoms with Gasteiger partial charge >= 0.3 is 6.09 Å². The van der Waals surface area contributed by atoms with E-state index in [1.165, 1.54) is 29.2 Å². The lowest BCUT2D eigenvalue weighted by atomic mass is 10.2. The third-order valence-corrected chi connectivity index (χ3v) is 7.39. The third-order valence-electron chi connectivity index (χ3n) is 6.04. The fourth-order valence-corrected chi connectivity index (χ4v) is 5.11. The third kappa shape index (κ3) is 8.03. The standard InChI is InChI=1S/C27H34N8O5S/c1-4-28-24-31-25(29-18(2)3)33-26(32-24)34-41(38,39)21-14-12-20(13-15-21)30-23(36)22-11-8-16-35(22)27(37)40-17-19-9-6-5-7-10-19/h5-7,9-10,12-15,18,22H,4,8,11,16-17H2,1-3H3,(H,30,36)(H3,28,29,31,32,33,34)/t22-/m0/s1. The number of anilines is 4. The lowest BCUT2D eigenvalue weighted by Gasteiger charge is -2.23. The van der Waals surface area contributed by atoms with Crippen molar-refractivity contribution in [3.05, 3.63) is 60.2 Å². The molecule has 14 heteroatoms. The summed E-state index contributed by atoms with van der Waals surface area (Å²) in [5.41, 5.74) is 1.24. The zero-order valence-electron chi connectivity index (χ0n) is 23.1. The predicted molar refractivity (Wildman–Crippen MR) is 155 cm³/mol. The van der Waals surface area contributed by atoms with Crippen LogP contribution in [0, 0.1) is 0 Å². The molecular weight excluding hydrogens is 548 g/mol. The molecule has 1 aromatic heterocycles. The Morgan fingerprint density at radius 1 is 1.00 bits per heavy atom. The van der Waals surface area contributed by atoms with E-state index in [0.29, 0.717) is 31.6 Å². The van der Waals surface area contributed by atoms with Crippen molar-refractivity contribution in [1.82, 2.24) is 19.9 Å². The van der Waals surface area contributed by atoms with Crippen molar-refractivity contribution in [1.29, 1.82) is 0 Å². The van der Waals surface area contributed by atoms with Crippen molar-refractivity contribution in [2.45, 2.75) is 57.2 Å². The molecule has 1 aliphatic rings. The summed E-state index contributed by atoms with van der Waals surface area (Å²) >= 11 is 0. The first kappa shape index (κ1) is 29.5. The molecule has 2 heterocycles. The SMILES string of the molecule is CCNc1nc(NC(C)C)nc(NS(=O)(=O)c2ccc(NC(=O)[C@@H]3CCCN3C(=O)OCc3ccccc3)cc2)n1. The average molecular weight is 583 g/mol. The summed E-state index contributed by atoms with van der Waals surface area (Å²) in [6.07, 6.45) is 0.612. The maximum atomic E-state index is 13.0. The van der Waals surface area contributed by atoms with Crippen LogP contribution in [0.2, 0.25) is 0 Å². The van der Waals surface area contributed by atoms with Crippen molar-refractivity contribution in [3.8, 4) is 0 Å². The number of sulfonamides is 1. The first-order valence-electron chi connectivity index (χ1n) is 13.3. The molecule has 4 N–H and O–H groups in total. The molecule has 0 unspecified atom stereocenters. The Kier molecular flexibility index (Phi) is 9.55. The number of benzene rings is 2. The number of hydrogen-bond acceptors (Lipinski definition) is 10. The van der Waals surface area contributed by atoms with Crippen LogP contribution in [0.15, 0.2) is 59.5 Å². The van der Waals surface area contributed by atoms with Gasteiger partial charge in [0.05, 0.1) is 4.90 Å². The number of nitrogens with zero attached hydrogens (tertiary/aromatic N) is 4. The van der Waals surface area contributed by atoms with E-state index >= 15 is 0 Å². The van der Waals surface area contributed by atoms with E-state index < -0.39 is 22.2 Å². The first-order valence-corrected chi connectivity index (χ1v) is 14.8. The van der Waals surface area contributed by atoms with E-state index in [0.717, 1.165) is 5.56 Å². The molecule has 0 radical (unpaired) electrons. The van der Waals surface area contributed by atoms with Gasteiger partial charge in [-0.3, -0.25) is 9.69 Å². The maximum Gasteiger partial charge on any atom is 0.410 e. The fraction of sp³-hybridized carbons (Fsp3) is 0.370. The van der Waals surface area contributed by atoms with Crippen LogP contribution in [0.1, 0.15) is 39.2 Å². The summed E-state index contributed by atoms with van der Waals surface area (Å²) in [4.78, 5) is 39.5. The largest absolute Gasteiger partial charge is 0.445 e. The highest BCUT2D eigenvalue weighted by atomic mass is 32.2. The van der Waals surface area contributed by atoms with Crippen LogP contribution in [0.4, 0.5) is 28.3 Å². The summed E-state index contributed by atoms with van der Waals surface area (Å²) < 4.78 is 33.8. The molecule has 1 aliphatic heterocycles. The van der Waals surface area contributed by atoms with Crippen molar-refractivity contribution in [2.24, 2.45) is 0 Å². The number of ether oxygens (including phenoxy) is 1. The van der Waals surface area contributed by atoms with Gasteiger partial charge in [-0.1, -0.05) is 30.3 Å². The number of carbonyl (C=O) groups is 2. The Morgan fingerprint density at radius 2 is 1.68 bits per heavy atom. The van der Waals surface area contributed by atoms with Gasteiger partial charge in [-0.2, -0.15) is 15.0 Å². The smallest absolute Gasteiger partial charge is 0.410 e. The second-order valence-corrected chi connectivity index (χ2v) is 11.3. The molecule has 4 rings (SSSR count). The van der Waals surface area contributed by atoms with Gasteiger partial charge in [0, 0.05) is 24.8 Å². The lowest BCUT2D eigenvalue weighted by Crippen LogP contribution is -2.43. The fourth-order valence-electron chi connectivity index (χ4n) is 4.16. The van der Waals surface area contributed by atoms with E-state index in [2.05, 4.69) is 35.6 Å². The molecule has 3 aromatic rings. The number of amides is 2. The minimum absolute atomic E-state index is 0.0235. The topological polar surface area (TPSA) is 168 Å².